The van der Waals surface area contributed by atoms with Crippen LogP contribution in [-0.2, 0) is 9.53 Å². The van der Waals surface area contributed by atoms with Gasteiger partial charge in [0.05, 0.1) is 0 Å². The second-order valence-corrected chi connectivity index (χ2v) is 6.18. The Morgan fingerprint density at radius 3 is 2.00 bits per heavy atom. The molecule has 1 N–H and O–H groups in total. The van der Waals surface area contributed by atoms with Gasteiger partial charge < -0.3 is 24.8 Å². The van der Waals surface area contributed by atoms with E-state index >= 15 is 0 Å². The normalized spacial score (nSPS) is 20.3. The number of piperidine rings is 1. The predicted molar refractivity (Wildman–Crippen MR) is 95.6 cm³/mol. The van der Waals surface area contributed by atoms with E-state index < -0.39 is 5.60 Å². The van der Waals surface area contributed by atoms with Crippen molar-refractivity contribution in [2.24, 2.45) is 0 Å². The van der Waals surface area contributed by atoms with Crippen LogP contribution in [0.4, 0.5) is 4.79 Å². The van der Waals surface area contributed by atoms with Crippen molar-refractivity contribution in [1.82, 2.24) is 20.0 Å². The number of nitrogens with zero attached hydrogens (tertiary/aromatic N) is 3. The molecule has 0 saturated carbocycles. The summed E-state index contributed by atoms with van der Waals surface area (Å²) in [7, 11) is 1.63. The van der Waals surface area contributed by atoms with E-state index in [4.69, 9.17) is 4.74 Å². The molecule has 140 valence electrons. The Kier molecular flexibility index (Phi) is 8.26. The first-order valence-corrected chi connectivity index (χ1v) is 8.67. The first-order valence-electron chi connectivity index (χ1n) is 8.67. The van der Waals surface area contributed by atoms with Crippen molar-refractivity contribution >= 4 is 24.3 Å². The van der Waals surface area contributed by atoms with Crippen LogP contribution in [0.1, 0.15) is 26.7 Å². The van der Waals surface area contributed by atoms with Crippen LogP contribution in [0, 0.1) is 0 Å². The van der Waals surface area contributed by atoms with Crippen LogP contribution in [0.15, 0.2) is 0 Å². The van der Waals surface area contributed by atoms with Crippen molar-refractivity contribution in [3.63, 3.8) is 0 Å². The summed E-state index contributed by atoms with van der Waals surface area (Å²) in [5.74, 6) is 0.0800. The van der Waals surface area contributed by atoms with E-state index in [0.29, 0.717) is 52.1 Å². The molecule has 3 amide bonds. The number of methoxy groups -OCH3 is 1. The Morgan fingerprint density at radius 2 is 1.54 bits per heavy atom. The lowest BCUT2D eigenvalue weighted by molar-refractivity contribution is -0.159. The number of carbonyl (C=O) groups excluding carboxylic acids is 2. The van der Waals surface area contributed by atoms with Gasteiger partial charge >= 0.3 is 6.03 Å². The highest BCUT2D eigenvalue weighted by molar-refractivity contribution is 5.86. The number of carbonyl (C=O) groups is 2. The molecule has 2 heterocycles. The van der Waals surface area contributed by atoms with E-state index in [-0.39, 0.29) is 24.3 Å². The van der Waals surface area contributed by atoms with Crippen molar-refractivity contribution in [2.75, 3.05) is 59.5 Å². The zero-order chi connectivity index (χ0) is 16.9. The van der Waals surface area contributed by atoms with Crippen LogP contribution in [0.2, 0.25) is 0 Å². The molecule has 24 heavy (non-hydrogen) atoms. The fourth-order valence-electron chi connectivity index (χ4n) is 3.42. The van der Waals surface area contributed by atoms with Gasteiger partial charge in [-0.05, 0) is 39.8 Å². The zero-order valence-electron chi connectivity index (χ0n) is 15.0. The molecule has 7 nitrogen and oxygen atoms in total. The topological polar surface area (TPSA) is 65.1 Å². The van der Waals surface area contributed by atoms with Crippen LogP contribution >= 0.6 is 12.4 Å². The van der Waals surface area contributed by atoms with E-state index in [1.54, 1.807) is 7.11 Å². The van der Waals surface area contributed by atoms with E-state index in [1.807, 2.05) is 28.5 Å². The molecule has 2 rings (SSSR count). The summed E-state index contributed by atoms with van der Waals surface area (Å²) < 4.78 is 5.62. The smallest absolute Gasteiger partial charge is 0.320 e. The number of hydrogen-bond donors (Lipinski definition) is 1. The second-order valence-electron chi connectivity index (χ2n) is 6.18. The van der Waals surface area contributed by atoms with Gasteiger partial charge in [0, 0.05) is 46.4 Å². The molecule has 0 unspecified atom stereocenters. The molecular weight excluding hydrogens is 332 g/mol. The number of urea groups is 1. The molecule has 0 aromatic heterocycles. The van der Waals surface area contributed by atoms with Gasteiger partial charge in [0.15, 0.2) is 0 Å². The maximum atomic E-state index is 12.9. The molecule has 2 aliphatic rings. The van der Waals surface area contributed by atoms with Crippen LogP contribution < -0.4 is 5.32 Å². The van der Waals surface area contributed by atoms with Gasteiger partial charge in [-0.25, -0.2) is 4.79 Å². The quantitative estimate of drug-likeness (QED) is 0.802. The summed E-state index contributed by atoms with van der Waals surface area (Å²) in [6.07, 6.45) is 1.42. The van der Waals surface area contributed by atoms with Crippen LogP contribution in [-0.4, -0.2) is 91.7 Å². The summed E-state index contributed by atoms with van der Waals surface area (Å²) in [6.45, 7) is 9.39. The molecule has 0 aromatic rings. The van der Waals surface area contributed by atoms with Gasteiger partial charge in [-0.2, -0.15) is 0 Å². The molecule has 0 bridgehead atoms. The molecule has 0 radical (unpaired) electrons. The van der Waals surface area contributed by atoms with E-state index in [9.17, 15) is 9.59 Å². The Bertz CT molecular complexity index is 418. The highest BCUT2D eigenvalue weighted by Crippen LogP contribution is 2.25. The monoisotopic (exact) mass is 362 g/mol. The zero-order valence-corrected chi connectivity index (χ0v) is 15.9. The van der Waals surface area contributed by atoms with Gasteiger partial charge in [-0.15, -0.1) is 12.4 Å². The minimum absolute atomic E-state index is 0. The number of nitrogens with one attached hydrogen (secondary N) is 1. The van der Waals surface area contributed by atoms with Gasteiger partial charge in [-0.3, -0.25) is 4.79 Å². The Hall–Kier alpha value is -1.05. The van der Waals surface area contributed by atoms with E-state index in [1.165, 1.54) is 0 Å². The summed E-state index contributed by atoms with van der Waals surface area (Å²) in [5.41, 5.74) is -0.684. The minimum Gasteiger partial charge on any atom is -0.368 e. The number of halogens is 1. The summed E-state index contributed by atoms with van der Waals surface area (Å²) in [5, 5.41) is 3.27. The number of amides is 3. The van der Waals surface area contributed by atoms with Crippen molar-refractivity contribution in [3.8, 4) is 0 Å². The second kappa shape index (κ2) is 9.44. The van der Waals surface area contributed by atoms with E-state index in [2.05, 4.69) is 5.32 Å². The molecule has 0 spiro atoms. The lowest BCUT2D eigenvalue weighted by Crippen LogP contribution is -2.60. The number of rotatable bonds is 4. The third-order valence-electron chi connectivity index (χ3n) is 5.06. The van der Waals surface area contributed by atoms with Crippen LogP contribution in [0.5, 0.6) is 0 Å². The summed E-state index contributed by atoms with van der Waals surface area (Å²) in [6, 6.07) is 0.0745. The standard InChI is InChI=1S/C16H30N4O3.ClH/c1-4-18(5-2)15(22)20-12-10-19(11-13-20)14(21)16(23-3)6-8-17-9-7-16;/h17H,4-13H2,1-3H3;1H. The first-order chi connectivity index (χ1) is 11.1. The first kappa shape index (κ1) is 21.0. The third kappa shape index (κ3) is 4.32. The predicted octanol–water partition coefficient (Wildman–Crippen LogP) is 0.783. The average molecular weight is 363 g/mol. The molecule has 8 heteroatoms. The molecular formula is C16H31ClN4O3. The SMILES string of the molecule is CCN(CC)C(=O)N1CCN(C(=O)C2(OC)CCNCC2)CC1.Cl. The average Bonchev–Trinajstić information content (AvgIpc) is 2.62. The van der Waals surface area contributed by atoms with Gasteiger partial charge in [-0.1, -0.05) is 0 Å². The van der Waals surface area contributed by atoms with Crippen molar-refractivity contribution in [1.29, 1.82) is 0 Å². The largest absolute Gasteiger partial charge is 0.368 e. The molecule has 0 aliphatic carbocycles. The van der Waals surface area contributed by atoms with Gasteiger partial charge in [0.2, 0.25) is 0 Å². The Morgan fingerprint density at radius 1 is 1.04 bits per heavy atom. The Balaban J connectivity index is 0.00000288. The summed E-state index contributed by atoms with van der Waals surface area (Å²) >= 11 is 0. The maximum absolute atomic E-state index is 12.9. The summed E-state index contributed by atoms with van der Waals surface area (Å²) in [4.78, 5) is 30.8. The van der Waals surface area contributed by atoms with Crippen molar-refractivity contribution < 1.29 is 14.3 Å². The third-order valence-corrected chi connectivity index (χ3v) is 5.06. The fourth-order valence-corrected chi connectivity index (χ4v) is 3.42. The van der Waals surface area contributed by atoms with Crippen LogP contribution in [0.3, 0.4) is 0 Å². The van der Waals surface area contributed by atoms with Gasteiger partial charge in [0.1, 0.15) is 5.60 Å². The maximum Gasteiger partial charge on any atom is 0.320 e. The fraction of sp³-hybridized carbons (Fsp3) is 0.875. The molecule has 2 aliphatic heterocycles. The molecule has 2 fully saturated rings. The van der Waals surface area contributed by atoms with E-state index in [0.717, 1.165) is 13.1 Å². The molecule has 0 aromatic carbocycles. The van der Waals surface area contributed by atoms with Crippen molar-refractivity contribution in [2.45, 2.75) is 32.3 Å². The lowest BCUT2D eigenvalue weighted by Gasteiger charge is -2.42. The lowest BCUT2D eigenvalue weighted by atomic mass is 9.90. The van der Waals surface area contributed by atoms with Crippen molar-refractivity contribution in [3.05, 3.63) is 0 Å². The highest BCUT2D eigenvalue weighted by atomic mass is 35.5. The minimum atomic E-state index is -0.684. The van der Waals surface area contributed by atoms with Crippen LogP contribution in [0.25, 0.3) is 0 Å². The Labute approximate surface area is 151 Å². The highest BCUT2D eigenvalue weighted by Gasteiger charge is 2.43. The molecule has 2 saturated heterocycles. The number of ether oxygens (including phenoxy) is 1. The number of hydrogen-bond acceptors (Lipinski definition) is 4. The van der Waals surface area contributed by atoms with Gasteiger partial charge in [0.25, 0.3) is 5.91 Å². The number of piperazine rings is 1. The molecule has 0 atom stereocenters.